The van der Waals surface area contributed by atoms with Gasteiger partial charge >= 0.3 is 0 Å². The van der Waals surface area contributed by atoms with Gasteiger partial charge in [-0.2, -0.15) is 0 Å². The van der Waals surface area contributed by atoms with Gasteiger partial charge in [0.1, 0.15) is 5.82 Å². The number of nitrogens with two attached hydrogens (primary N) is 1. The average molecular weight is 213 g/mol. The highest BCUT2D eigenvalue weighted by atomic mass is 15.1. The number of fused-ring (bicyclic) bond motifs is 1. The largest absolute Gasteiger partial charge is 0.330 e. The normalized spacial score (nSPS) is 14.1. The number of benzene rings is 1. The van der Waals surface area contributed by atoms with E-state index in [1.165, 1.54) is 17.7 Å². The Morgan fingerprint density at radius 1 is 1.25 bits per heavy atom. The highest BCUT2D eigenvalue weighted by molar-refractivity contribution is 5.62. The summed E-state index contributed by atoms with van der Waals surface area (Å²) < 4.78 is 2.28. The van der Waals surface area contributed by atoms with Gasteiger partial charge in [0.15, 0.2) is 0 Å². The van der Waals surface area contributed by atoms with Crippen molar-refractivity contribution in [2.24, 2.45) is 5.73 Å². The molecule has 0 saturated carbocycles. The van der Waals surface area contributed by atoms with E-state index in [4.69, 9.17) is 5.73 Å². The molecule has 1 aliphatic heterocycles. The van der Waals surface area contributed by atoms with Crippen LogP contribution in [0.3, 0.4) is 0 Å². The Morgan fingerprint density at radius 3 is 2.81 bits per heavy atom. The predicted octanol–water partition coefficient (Wildman–Crippen LogP) is 1.95. The van der Waals surface area contributed by atoms with Crippen molar-refractivity contribution in [2.45, 2.75) is 25.9 Å². The zero-order valence-electron chi connectivity index (χ0n) is 9.19. The van der Waals surface area contributed by atoms with Crippen LogP contribution in [0.2, 0.25) is 0 Å². The van der Waals surface area contributed by atoms with Gasteiger partial charge in [0.25, 0.3) is 0 Å². The fourth-order valence-electron chi connectivity index (χ4n) is 2.44. The van der Waals surface area contributed by atoms with Crippen LogP contribution in [0, 0.1) is 0 Å². The van der Waals surface area contributed by atoms with Crippen LogP contribution in [-0.4, -0.2) is 9.55 Å². The summed E-state index contributed by atoms with van der Waals surface area (Å²) in [6.45, 7) is 1.60. The molecular formula is C13H15N3. The zero-order chi connectivity index (χ0) is 11.0. The summed E-state index contributed by atoms with van der Waals surface area (Å²) in [5.41, 5.74) is 9.41. The van der Waals surface area contributed by atoms with E-state index in [-0.39, 0.29) is 0 Å². The molecule has 0 atom stereocenters. The van der Waals surface area contributed by atoms with E-state index in [2.05, 4.69) is 33.8 Å². The molecule has 0 saturated heterocycles. The second kappa shape index (κ2) is 3.76. The van der Waals surface area contributed by atoms with Crippen LogP contribution in [0.15, 0.2) is 30.3 Å². The first-order chi connectivity index (χ1) is 7.90. The fourth-order valence-corrected chi connectivity index (χ4v) is 2.44. The summed E-state index contributed by atoms with van der Waals surface area (Å²) in [6.07, 6.45) is 2.34. The van der Waals surface area contributed by atoms with Crippen molar-refractivity contribution in [3.05, 3.63) is 41.9 Å². The number of hydrogen-bond acceptors (Lipinski definition) is 2. The van der Waals surface area contributed by atoms with Gasteiger partial charge in [-0.15, -0.1) is 0 Å². The third kappa shape index (κ3) is 1.36. The van der Waals surface area contributed by atoms with Crippen LogP contribution < -0.4 is 5.73 Å². The summed E-state index contributed by atoms with van der Waals surface area (Å²) in [4.78, 5) is 4.66. The third-order valence-electron chi connectivity index (χ3n) is 3.18. The Hall–Kier alpha value is -1.61. The van der Waals surface area contributed by atoms with E-state index >= 15 is 0 Å². The molecule has 0 radical (unpaired) electrons. The first kappa shape index (κ1) is 9.60. The van der Waals surface area contributed by atoms with Gasteiger partial charge < -0.3 is 10.3 Å². The summed E-state index contributed by atoms with van der Waals surface area (Å²) in [6, 6.07) is 10.4. The Morgan fingerprint density at radius 2 is 2.06 bits per heavy atom. The lowest BCUT2D eigenvalue weighted by atomic mass is 10.1. The molecule has 3 rings (SSSR count). The molecule has 0 unspecified atom stereocenters. The molecule has 2 N–H and O–H groups in total. The van der Waals surface area contributed by atoms with E-state index in [1.54, 1.807) is 0 Å². The quantitative estimate of drug-likeness (QED) is 0.828. The average Bonchev–Trinajstić information content (AvgIpc) is 2.91. The molecule has 0 fully saturated rings. The van der Waals surface area contributed by atoms with Crippen LogP contribution >= 0.6 is 0 Å². The van der Waals surface area contributed by atoms with Crippen LogP contribution in [0.1, 0.15) is 17.9 Å². The minimum absolute atomic E-state index is 0.528. The zero-order valence-corrected chi connectivity index (χ0v) is 9.19. The smallest absolute Gasteiger partial charge is 0.123 e. The lowest BCUT2D eigenvalue weighted by molar-refractivity contribution is 0.689. The van der Waals surface area contributed by atoms with Crippen molar-refractivity contribution in [3.8, 4) is 11.3 Å². The topological polar surface area (TPSA) is 43.8 Å². The molecule has 0 bridgehead atoms. The lowest BCUT2D eigenvalue weighted by Crippen LogP contribution is -2.06. The lowest BCUT2D eigenvalue weighted by Gasteiger charge is -2.00. The summed E-state index contributed by atoms with van der Waals surface area (Å²) in [7, 11) is 0. The van der Waals surface area contributed by atoms with Crippen LogP contribution in [0.5, 0.6) is 0 Å². The Kier molecular flexibility index (Phi) is 2.26. The van der Waals surface area contributed by atoms with Crippen LogP contribution in [-0.2, 0) is 19.5 Å². The third-order valence-corrected chi connectivity index (χ3v) is 3.18. The molecule has 3 heteroatoms. The van der Waals surface area contributed by atoms with Crippen molar-refractivity contribution in [1.82, 2.24) is 9.55 Å². The van der Waals surface area contributed by atoms with Crippen molar-refractivity contribution >= 4 is 0 Å². The molecule has 3 nitrogen and oxygen atoms in total. The maximum Gasteiger partial charge on any atom is 0.123 e. The minimum Gasteiger partial charge on any atom is -0.330 e. The first-order valence-electron chi connectivity index (χ1n) is 5.74. The SMILES string of the molecule is NCc1nc(-c2ccccc2)c2n1CCC2. The molecule has 0 aliphatic carbocycles. The second-order valence-corrected chi connectivity index (χ2v) is 4.15. The molecule has 1 aliphatic rings. The van der Waals surface area contributed by atoms with Crippen molar-refractivity contribution < 1.29 is 0 Å². The molecule has 2 aromatic rings. The highest BCUT2D eigenvalue weighted by Gasteiger charge is 2.21. The molecule has 0 spiro atoms. The molecular weight excluding hydrogens is 198 g/mol. The summed E-state index contributed by atoms with van der Waals surface area (Å²) >= 11 is 0. The van der Waals surface area contributed by atoms with Gasteiger partial charge in [-0.1, -0.05) is 30.3 Å². The molecule has 1 aromatic carbocycles. The monoisotopic (exact) mass is 213 g/mol. The van der Waals surface area contributed by atoms with Crippen molar-refractivity contribution in [1.29, 1.82) is 0 Å². The molecule has 1 aromatic heterocycles. The molecule has 16 heavy (non-hydrogen) atoms. The number of imidazole rings is 1. The second-order valence-electron chi connectivity index (χ2n) is 4.15. The van der Waals surface area contributed by atoms with Crippen molar-refractivity contribution in [3.63, 3.8) is 0 Å². The summed E-state index contributed by atoms with van der Waals surface area (Å²) in [5.74, 6) is 1.02. The van der Waals surface area contributed by atoms with Gasteiger partial charge in [0.2, 0.25) is 0 Å². The van der Waals surface area contributed by atoms with Crippen molar-refractivity contribution in [2.75, 3.05) is 0 Å². The minimum atomic E-state index is 0.528. The predicted molar refractivity (Wildman–Crippen MR) is 63.9 cm³/mol. The highest BCUT2D eigenvalue weighted by Crippen LogP contribution is 2.29. The van der Waals surface area contributed by atoms with Crippen LogP contribution in [0.25, 0.3) is 11.3 Å². The Balaban J connectivity index is 2.15. The maximum absolute atomic E-state index is 5.73. The standard InChI is InChI=1S/C13H15N3/c14-9-12-15-13(10-5-2-1-3-6-10)11-7-4-8-16(11)12/h1-3,5-6H,4,7-9,14H2. The Labute approximate surface area is 94.9 Å². The maximum atomic E-state index is 5.73. The molecule has 0 amide bonds. The Bertz CT molecular complexity index is 499. The fraction of sp³-hybridized carbons (Fsp3) is 0.308. The number of nitrogens with zero attached hydrogens (tertiary/aromatic N) is 2. The van der Waals surface area contributed by atoms with E-state index in [0.717, 1.165) is 24.5 Å². The van der Waals surface area contributed by atoms with Gasteiger partial charge in [0.05, 0.1) is 12.2 Å². The number of aromatic nitrogens is 2. The van der Waals surface area contributed by atoms with E-state index in [1.807, 2.05) is 6.07 Å². The van der Waals surface area contributed by atoms with E-state index < -0.39 is 0 Å². The van der Waals surface area contributed by atoms with Gasteiger partial charge in [-0.25, -0.2) is 4.98 Å². The first-order valence-corrected chi connectivity index (χ1v) is 5.74. The summed E-state index contributed by atoms with van der Waals surface area (Å²) in [5, 5.41) is 0. The van der Waals surface area contributed by atoms with E-state index in [9.17, 15) is 0 Å². The molecule has 82 valence electrons. The van der Waals surface area contributed by atoms with Crippen LogP contribution in [0.4, 0.5) is 0 Å². The van der Waals surface area contributed by atoms with E-state index in [0.29, 0.717) is 6.54 Å². The number of hydrogen-bond donors (Lipinski definition) is 1. The number of rotatable bonds is 2. The van der Waals surface area contributed by atoms with Gasteiger partial charge in [-0.3, -0.25) is 0 Å². The van der Waals surface area contributed by atoms with Gasteiger partial charge in [-0.05, 0) is 12.8 Å². The molecule has 2 heterocycles. The van der Waals surface area contributed by atoms with Gasteiger partial charge in [0, 0.05) is 17.8 Å².